The normalized spacial score (nSPS) is 11.0. The molecule has 0 aliphatic carbocycles. The quantitative estimate of drug-likeness (QED) is 0.556. The summed E-state index contributed by atoms with van der Waals surface area (Å²) in [5.74, 6) is 0. The Morgan fingerprint density at radius 3 is 2.39 bits per heavy atom. The van der Waals surface area contributed by atoms with E-state index in [-0.39, 0.29) is 5.43 Å². The molecule has 0 aliphatic heterocycles. The lowest BCUT2D eigenvalue weighted by atomic mass is 10.1. The molecule has 0 aromatic heterocycles. The Morgan fingerprint density at radius 1 is 0.833 bits per heavy atom. The van der Waals surface area contributed by atoms with Crippen LogP contribution >= 0.6 is 31.9 Å². The third kappa shape index (κ3) is 1.88. The summed E-state index contributed by atoms with van der Waals surface area (Å²) >= 11 is 6.92. The average molecular weight is 364 g/mol. The van der Waals surface area contributed by atoms with Crippen LogP contribution < -0.4 is 5.43 Å². The van der Waals surface area contributed by atoms with E-state index in [1.165, 1.54) is 0 Å². The second kappa shape index (κ2) is 4.48. The molecule has 0 fully saturated rings. The summed E-state index contributed by atoms with van der Waals surface area (Å²) < 4.78 is 1.77. The maximum absolute atomic E-state index is 12.6. The van der Waals surface area contributed by atoms with Gasteiger partial charge < -0.3 is 0 Å². The molecular formula is C15H8Br2O. The summed E-state index contributed by atoms with van der Waals surface area (Å²) in [7, 11) is 0. The second-order valence-electron chi connectivity index (χ2n) is 4.10. The lowest BCUT2D eigenvalue weighted by molar-refractivity contribution is 1.67. The molecule has 0 bridgehead atoms. The molecule has 0 atom stereocenters. The van der Waals surface area contributed by atoms with Gasteiger partial charge in [0.25, 0.3) is 0 Å². The third-order valence-electron chi connectivity index (χ3n) is 2.96. The fourth-order valence-electron chi connectivity index (χ4n) is 2.13. The maximum atomic E-state index is 12.6. The van der Waals surface area contributed by atoms with Gasteiger partial charge in [0.1, 0.15) is 0 Å². The minimum atomic E-state index is 0.0602. The van der Waals surface area contributed by atoms with Gasteiger partial charge in [-0.25, -0.2) is 0 Å². The molecule has 0 amide bonds. The number of hydrogen-bond donors (Lipinski definition) is 0. The van der Waals surface area contributed by atoms with Crippen molar-refractivity contribution in [1.82, 2.24) is 0 Å². The van der Waals surface area contributed by atoms with Crippen LogP contribution in [0.1, 0.15) is 0 Å². The first kappa shape index (κ1) is 11.9. The minimum Gasteiger partial charge on any atom is -0.289 e. The van der Waals surface area contributed by atoms with E-state index in [2.05, 4.69) is 31.9 Å². The summed E-state index contributed by atoms with van der Waals surface area (Å²) in [6.45, 7) is 0. The molecule has 3 rings (SSSR count). The van der Waals surface area contributed by atoms with Crippen molar-refractivity contribution in [3.8, 4) is 0 Å². The van der Waals surface area contributed by atoms with Crippen molar-refractivity contribution in [1.29, 1.82) is 0 Å². The van der Waals surface area contributed by atoms with E-state index in [0.29, 0.717) is 0 Å². The molecule has 88 valence electrons. The van der Waals surface area contributed by atoms with Crippen LogP contribution in [-0.4, -0.2) is 0 Å². The summed E-state index contributed by atoms with van der Waals surface area (Å²) in [6, 6.07) is 15.5. The van der Waals surface area contributed by atoms with Crippen molar-refractivity contribution in [2.24, 2.45) is 0 Å². The molecule has 3 heteroatoms. The molecule has 0 saturated carbocycles. The zero-order valence-electron chi connectivity index (χ0n) is 9.28. The molecule has 0 N–H and O–H groups in total. The maximum Gasteiger partial charge on any atom is 0.195 e. The van der Waals surface area contributed by atoms with Gasteiger partial charge >= 0.3 is 0 Å². The Morgan fingerprint density at radius 2 is 1.56 bits per heavy atom. The van der Waals surface area contributed by atoms with Gasteiger partial charge in [-0.1, -0.05) is 52.3 Å². The lowest BCUT2D eigenvalue weighted by Gasteiger charge is -1.97. The molecular weight excluding hydrogens is 356 g/mol. The van der Waals surface area contributed by atoms with Crippen LogP contribution in [0.25, 0.3) is 21.5 Å². The van der Waals surface area contributed by atoms with E-state index < -0.39 is 0 Å². The van der Waals surface area contributed by atoms with Gasteiger partial charge in [0.15, 0.2) is 5.43 Å². The van der Waals surface area contributed by atoms with Crippen LogP contribution in [0.3, 0.4) is 0 Å². The largest absolute Gasteiger partial charge is 0.289 e. The van der Waals surface area contributed by atoms with Crippen LogP contribution in [0.5, 0.6) is 0 Å². The Kier molecular flexibility index (Phi) is 2.96. The highest BCUT2D eigenvalue weighted by atomic mass is 79.9. The Bertz CT molecular complexity index is 825. The van der Waals surface area contributed by atoms with Gasteiger partial charge in [0, 0.05) is 19.7 Å². The van der Waals surface area contributed by atoms with Crippen LogP contribution in [0.2, 0.25) is 0 Å². The number of halogens is 2. The van der Waals surface area contributed by atoms with Crippen molar-refractivity contribution >= 4 is 53.4 Å². The van der Waals surface area contributed by atoms with E-state index in [4.69, 9.17) is 0 Å². The van der Waals surface area contributed by atoms with Gasteiger partial charge in [0.2, 0.25) is 0 Å². The summed E-state index contributed by atoms with van der Waals surface area (Å²) in [5, 5.41) is 3.36. The smallest absolute Gasteiger partial charge is 0.195 e. The first-order valence-corrected chi connectivity index (χ1v) is 7.06. The lowest BCUT2D eigenvalue weighted by Crippen LogP contribution is -1.99. The summed E-state index contributed by atoms with van der Waals surface area (Å²) in [5.41, 5.74) is 0.0602. The van der Waals surface area contributed by atoms with Crippen LogP contribution in [0.4, 0.5) is 0 Å². The number of fused-ring (bicyclic) bond motifs is 2. The van der Waals surface area contributed by atoms with E-state index >= 15 is 0 Å². The summed E-state index contributed by atoms with van der Waals surface area (Å²) in [4.78, 5) is 12.6. The van der Waals surface area contributed by atoms with Gasteiger partial charge in [0.05, 0.1) is 0 Å². The van der Waals surface area contributed by atoms with Crippen molar-refractivity contribution in [2.45, 2.75) is 0 Å². The van der Waals surface area contributed by atoms with Crippen LogP contribution in [0.15, 0.2) is 62.3 Å². The number of benzene rings is 2. The molecule has 3 aromatic carbocycles. The molecule has 3 aromatic rings. The van der Waals surface area contributed by atoms with Crippen LogP contribution in [0, 0.1) is 0 Å². The molecule has 0 saturated heterocycles. The zero-order valence-corrected chi connectivity index (χ0v) is 12.5. The van der Waals surface area contributed by atoms with Gasteiger partial charge in [-0.15, -0.1) is 0 Å². The third-order valence-corrected chi connectivity index (χ3v) is 4.04. The summed E-state index contributed by atoms with van der Waals surface area (Å²) in [6.07, 6.45) is 0. The fraction of sp³-hybridized carbons (Fsp3) is 0. The first-order chi connectivity index (χ1) is 8.66. The Labute approximate surface area is 121 Å². The van der Waals surface area contributed by atoms with E-state index in [0.717, 1.165) is 30.5 Å². The predicted molar refractivity (Wildman–Crippen MR) is 83.1 cm³/mol. The monoisotopic (exact) mass is 362 g/mol. The van der Waals surface area contributed by atoms with Gasteiger partial charge in [-0.3, -0.25) is 4.79 Å². The molecule has 0 aliphatic rings. The molecule has 1 nitrogen and oxygen atoms in total. The number of hydrogen-bond acceptors (Lipinski definition) is 1. The number of rotatable bonds is 0. The Balaban J connectivity index is 2.68. The highest BCUT2D eigenvalue weighted by Crippen LogP contribution is 2.27. The molecule has 0 spiro atoms. The SMILES string of the molecule is O=c1c2ccccc2ccc2cc(Br)cc(Br)c12. The van der Waals surface area contributed by atoms with Crippen LogP contribution in [-0.2, 0) is 0 Å². The van der Waals surface area contributed by atoms with Crippen molar-refractivity contribution < 1.29 is 0 Å². The average Bonchev–Trinajstić information content (AvgIpc) is 2.48. The second-order valence-corrected chi connectivity index (χ2v) is 5.87. The fourth-order valence-corrected chi connectivity index (χ4v) is 3.57. The molecule has 0 heterocycles. The molecule has 18 heavy (non-hydrogen) atoms. The minimum absolute atomic E-state index is 0.0602. The predicted octanol–water partition coefficient (Wildman–Crippen LogP) is 4.88. The van der Waals surface area contributed by atoms with E-state index in [1.807, 2.05) is 48.5 Å². The highest BCUT2D eigenvalue weighted by Gasteiger charge is 2.06. The van der Waals surface area contributed by atoms with Gasteiger partial charge in [-0.2, -0.15) is 0 Å². The molecule has 0 unspecified atom stereocenters. The standard InChI is InChI=1S/C15H8Br2O/c16-11-7-10-6-5-9-3-1-2-4-12(9)15(18)14(10)13(17)8-11/h1-8H. The Hall–Kier alpha value is -1.19. The van der Waals surface area contributed by atoms with Crippen molar-refractivity contribution in [2.75, 3.05) is 0 Å². The molecule has 0 radical (unpaired) electrons. The van der Waals surface area contributed by atoms with Gasteiger partial charge in [-0.05, 0) is 38.8 Å². The van der Waals surface area contributed by atoms with Crippen molar-refractivity contribution in [3.63, 3.8) is 0 Å². The zero-order chi connectivity index (χ0) is 12.7. The topological polar surface area (TPSA) is 17.1 Å². The highest BCUT2D eigenvalue weighted by molar-refractivity contribution is 9.11. The van der Waals surface area contributed by atoms with Crippen molar-refractivity contribution in [3.05, 3.63) is 67.7 Å². The van der Waals surface area contributed by atoms with E-state index in [9.17, 15) is 4.79 Å². The first-order valence-electron chi connectivity index (χ1n) is 5.47. The van der Waals surface area contributed by atoms with E-state index in [1.54, 1.807) is 0 Å².